The van der Waals surface area contributed by atoms with Crippen molar-refractivity contribution in [2.45, 2.75) is 19.1 Å². The van der Waals surface area contributed by atoms with E-state index in [2.05, 4.69) is 27.0 Å². The van der Waals surface area contributed by atoms with Gasteiger partial charge in [0.05, 0.1) is 32.5 Å². The summed E-state index contributed by atoms with van der Waals surface area (Å²) in [6.45, 7) is 9.82. The Balaban J connectivity index is 0.00000264. The number of nitrogens with zero attached hydrogens (tertiary/aromatic N) is 3. The van der Waals surface area contributed by atoms with Crippen molar-refractivity contribution < 1.29 is 14.2 Å². The van der Waals surface area contributed by atoms with E-state index in [9.17, 15) is 0 Å². The van der Waals surface area contributed by atoms with E-state index >= 15 is 0 Å². The fourth-order valence-electron chi connectivity index (χ4n) is 2.94. The number of methoxy groups -OCH3 is 1. The molecule has 2 fully saturated rings. The van der Waals surface area contributed by atoms with Crippen LogP contribution in [0.5, 0.6) is 0 Å². The topological polar surface area (TPSA) is 58.6 Å². The molecule has 1 N–H and O–H groups in total. The molecule has 2 rings (SSSR count). The third-order valence-electron chi connectivity index (χ3n) is 4.19. The standard InChI is InChI=1S/C15H30N4O3.HI/c1-13-11-21-8-6-18(13)5-4-17-15(16-2)19-7-9-22-14(10-19)12-20-3;/h13-14H,4-12H2,1-3H3,(H,16,17);1H. The molecule has 23 heavy (non-hydrogen) atoms. The van der Waals surface area contributed by atoms with Gasteiger partial charge in [0.15, 0.2) is 5.96 Å². The predicted octanol–water partition coefficient (Wildman–Crippen LogP) is 0.248. The van der Waals surface area contributed by atoms with Crippen molar-refractivity contribution >= 4 is 29.9 Å². The quantitative estimate of drug-likeness (QED) is 0.374. The lowest BCUT2D eigenvalue weighted by atomic mass is 10.2. The van der Waals surface area contributed by atoms with Crippen LogP contribution in [-0.2, 0) is 14.2 Å². The number of hydrogen-bond acceptors (Lipinski definition) is 5. The van der Waals surface area contributed by atoms with E-state index in [1.54, 1.807) is 7.11 Å². The van der Waals surface area contributed by atoms with E-state index in [0.29, 0.717) is 12.6 Å². The third-order valence-corrected chi connectivity index (χ3v) is 4.19. The van der Waals surface area contributed by atoms with Gasteiger partial charge in [0.1, 0.15) is 0 Å². The first-order valence-electron chi connectivity index (χ1n) is 8.12. The number of nitrogens with one attached hydrogen (secondary N) is 1. The van der Waals surface area contributed by atoms with Gasteiger partial charge in [-0.15, -0.1) is 24.0 Å². The Kier molecular flexibility index (Phi) is 10.4. The zero-order valence-corrected chi connectivity index (χ0v) is 16.8. The van der Waals surface area contributed by atoms with Crippen LogP contribution >= 0.6 is 24.0 Å². The summed E-state index contributed by atoms with van der Waals surface area (Å²) in [5, 5.41) is 3.47. The van der Waals surface area contributed by atoms with E-state index in [4.69, 9.17) is 14.2 Å². The van der Waals surface area contributed by atoms with Gasteiger partial charge in [-0.2, -0.15) is 0 Å². The lowest BCUT2D eigenvalue weighted by Crippen LogP contribution is -2.53. The number of ether oxygens (including phenoxy) is 3. The molecule has 0 bridgehead atoms. The second-order valence-corrected chi connectivity index (χ2v) is 5.83. The number of aliphatic imine (C=N–C) groups is 1. The molecule has 2 aliphatic rings. The van der Waals surface area contributed by atoms with Crippen LogP contribution in [0.25, 0.3) is 0 Å². The number of rotatable bonds is 5. The smallest absolute Gasteiger partial charge is 0.193 e. The third kappa shape index (κ3) is 6.69. The van der Waals surface area contributed by atoms with E-state index in [1.165, 1.54) is 0 Å². The Morgan fingerprint density at radius 1 is 1.35 bits per heavy atom. The van der Waals surface area contributed by atoms with E-state index in [-0.39, 0.29) is 30.1 Å². The molecule has 0 spiro atoms. The molecule has 2 heterocycles. The minimum atomic E-state index is 0. The summed E-state index contributed by atoms with van der Waals surface area (Å²) in [5.74, 6) is 0.949. The molecule has 8 heteroatoms. The van der Waals surface area contributed by atoms with E-state index < -0.39 is 0 Å². The van der Waals surface area contributed by atoms with Crippen molar-refractivity contribution in [3.05, 3.63) is 0 Å². The first-order chi connectivity index (χ1) is 10.7. The Morgan fingerprint density at radius 3 is 2.87 bits per heavy atom. The molecule has 0 amide bonds. The first kappa shape index (κ1) is 20.9. The van der Waals surface area contributed by atoms with Gasteiger partial charge in [0.2, 0.25) is 0 Å². The SMILES string of the molecule is CN=C(NCCN1CCOCC1C)N1CCOC(COC)C1.I. The highest BCUT2D eigenvalue weighted by molar-refractivity contribution is 14.0. The van der Waals surface area contributed by atoms with Crippen LogP contribution in [-0.4, -0.2) is 101 Å². The van der Waals surface area contributed by atoms with Gasteiger partial charge in [-0.3, -0.25) is 9.89 Å². The Bertz CT molecular complexity index is 358. The average Bonchev–Trinajstić information content (AvgIpc) is 2.54. The zero-order chi connectivity index (χ0) is 15.8. The van der Waals surface area contributed by atoms with Crippen LogP contribution in [0.2, 0.25) is 0 Å². The van der Waals surface area contributed by atoms with Crippen molar-refractivity contribution in [1.29, 1.82) is 0 Å². The summed E-state index contributed by atoms with van der Waals surface area (Å²) >= 11 is 0. The average molecular weight is 442 g/mol. The van der Waals surface area contributed by atoms with Gasteiger partial charge in [0.25, 0.3) is 0 Å². The molecule has 0 aromatic rings. The molecule has 2 unspecified atom stereocenters. The molecule has 2 saturated heterocycles. The van der Waals surface area contributed by atoms with Crippen LogP contribution in [0.3, 0.4) is 0 Å². The molecular formula is C15H31IN4O3. The lowest BCUT2D eigenvalue weighted by Gasteiger charge is -2.36. The van der Waals surface area contributed by atoms with E-state index in [0.717, 1.165) is 58.5 Å². The largest absolute Gasteiger partial charge is 0.382 e. The monoisotopic (exact) mass is 442 g/mol. The highest BCUT2D eigenvalue weighted by Gasteiger charge is 2.23. The van der Waals surface area contributed by atoms with Gasteiger partial charge >= 0.3 is 0 Å². The van der Waals surface area contributed by atoms with Gasteiger partial charge in [-0.1, -0.05) is 0 Å². The number of hydrogen-bond donors (Lipinski definition) is 1. The normalized spacial score (nSPS) is 26.7. The molecule has 0 aliphatic carbocycles. The van der Waals surface area contributed by atoms with Crippen LogP contribution in [0.1, 0.15) is 6.92 Å². The summed E-state index contributed by atoms with van der Waals surface area (Å²) in [7, 11) is 3.54. The fraction of sp³-hybridized carbons (Fsp3) is 0.933. The Labute approximate surface area is 156 Å². The highest BCUT2D eigenvalue weighted by Crippen LogP contribution is 2.07. The van der Waals surface area contributed by atoms with Crippen molar-refractivity contribution in [3.8, 4) is 0 Å². The lowest BCUT2D eigenvalue weighted by molar-refractivity contribution is -0.0448. The van der Waals surface area contributed by atoms with Gasteiger partial charge in [0, 0.05) is 52.9 Å². The second kappa shape index (κ2) is 11.4. The maximum absolute atomic E-state index is 5.69. The van der Waals surface area contributed by atoms with Crippen LogP contribution in [0, 0.1) is 0 Å². The number of guanidine groups is 1. The first-order valence-corrected chi connectivity index (χ1v) is 8.12. The highest BCUT2D eigenvalue weighted by atomic mass is 127. The maximum atomic E-state index is 5.69. The second-order valence-electron chi connectivity index (χ2n) is 5.83. The molecule has 0 saturated carbocycles. The summed E-state index contributed by atoms with van der Waals surface area (Å²) in [4.78, 5) is 9.10. The molecule has 2 aliphatic heterocycles. The zero-order valence-electron chi connectivity index (χ0n) is 14.5. The van der Waals surface area contributed by atoms with Crippen LogP contribution in [0.15, 0.2) is 4.99 Å². The minimum Gasteiger partial charge on any atom is -0.382 e. The molecule has 136 valence electrons. The fourth-order valence-corrected chi connectivity index (χ4v) is 2.94. The Hall–Kier alpha value is -0.160. The van der Waals surface area contributed by atoms with Crippen LogP contribution in [0.4, 0.5) is 0 Å². The minimum absolute atomic E-state index is 0. The van der Waals surface area contributed by atoms with Crippen LogP contribution < -0.4 is 5.32 Å². The molecule has 0 radical (unpaired) electrons. The summed E-state index contributed by atoms with van der Waals surface area (Å²) in [5.41, 5.74) is 0. The van der Waals surface area contributed by atoms with Gasteiger partial charge in [-0.25, -0.2) is 0 Å². The molecule has 0 aromatic carbocycles. The van der Waals surface area contributed by atoms with Crippen molar-refractivity contribution in [2.75, 3.05) is 73.3 Å². The Morgan fingerprint density at radius 2 is 2.17 bits per heavy atom. The van der Waals surface area contributed by atoms with Gasteiger partial charge in [-0.05, 0) is 6.92 Å². The molecular weight excluding hydrogens is 411 g/mol. The van der Waals surface area contributed by atoms with Crippen molar-refractivity contribution in [1.82, 2.24) is 15.1 Å². The van der Waals surface area contributed by atoms with Crippen molar-refractivity contribution in [3.63, 3.8) is 0 Å². The molecule has 0 aromatic heterocycles. The number of morpholine rings is 2. The summed E-state index contributed by atoms with van der Waals surface area (Å²) in [6, 6.07) is 0.493. The molecule has 2 atom stereocenters. The summed E-state index contributed by atoms with van der Waals surface area (Å²) in [6.07, 6.45) is 0.122. The summed E-state index contributed by atoms with van der Waals surface area (Å²) < 4.78 is 16.3. The predicted molar refractivity (Wildman–Crippen MR) is 102 cm³/mol. The van der Waals surface area contributed by atoms with Gasteiger partial charge < -0.3 is 24.4 Å². The number of halogens is 1. The maximum Gasteiger partial charge on any atom is 0.193 e. The van der Waals surface area contributed by atoms with E-state index in [1.807, 2.05) is 7.05 Å². The molecule has 7 nitrogen and oxygen atoms in total. The van der Waals surface area contributed by atoms with Crippen molar-refractivity contribution in [2.24, 2.45) is 4.99 Å².